The van der Waals surface area contributed by atoms with E-state index >= 15 is 0 Å². The summed E-state index contributed by atoms with van der Waals surface area (Å²) < 4.78 is 10.9. The summed E-state index contributed by atoms with van der Waals surface area (Å²) in [5.41, 5.74) is 11.6. The average molecular weight is 821 g/mol. The molecule has 0 amide bonds. The van der Waals surface area contributed by atoms with Gasteiger partial charge in [-0.2, -0.15) is 0 Å². The first-order valence-corrected chi connectivity index (χ1v) is 16.4. The summed E-state index contributed by atoms with van der Waals surface area (Å²) in [5, 5.41) is 7.26. The number of imidazole rings is 1. The Hall–Kier alpha value is -5.81. The number of para-hydroxylation sites is 3. The molecule has 0 bridgehead atoms. The Balaban J connectivity index is 0.000000204. The second kappa shape index (κ2) is 11.7. The van der Waals surface area contributed by atoms with Gasteiger partial charge in [0.25, 0.3) is 0 Å². The van der Waals surface area contributed by atoms with Gasteiger partial charge in [-0.25, -0.2) is 0 Å². The molecule has 0 saturated heterocycles. The van der Waals surface area contributed by atoms with Gasteiger partial charge >= 0.3 is 0 Å². The maximum absolute atomic E-state index is 6.33. The topological polar surface area (TPSA) is 48.3 Å². The standard InChI is InChI=1S/C32H18N3O.C12H10N.Ir/c1-34-30-24(33-32(34)23-13-7-11-21-19-9-3-5-15-27(19)36-31(21)23)16-17-26-28(30)22-12-6-10-20-18-8-2-4-14-25(18)35(26)29(20)22;1-10-7-8-12(13-9-10)11-5-3-2-4-6-11;/h2-12,14-17H,1H3;2-5,7-9H,1H3;/q2*-1;. The van der Waals surface area contributed by atoms with E-state index in [0.29, 0.717) is 0 Å². The molecule has 0 saturated carbocycles. The number of hydrogen-bond acceptors (Lipinski definition) is 3. The molecule has 6 aromatic carbocycles. The van der Waals surface area contributed by atoms with Crippen LogP contribution in [0.3, 0.4) is 0 Å². The third kappa shape index (κ3) is 4.42. The molecule has 50 heavy (non-hydrogen) atoms. The van der Waals surface area contributed by atoms with Crippen LogP contribution < -0.4 is 0 Å². The Labute approximate surface area is 301 Å². The van der Waals surface area contributed by atoms with Crippen LogP contribution in [0.15, 0.2) is 138 Å². The Morgan fingerprint density at radius 2 is 1.44 bits per heavy atom. The molecule has 1 radical (unpaired) electrons. The number of furan rings is 1. The summed E-state index contributed by atoms with van der Waals surface area (Å²) in [7, 11) is 2.10. The van der Waals surface area contributed by atoms with Gasteiger partial charge in [0.15, 0.2) is 0 Å². The van der Waals surface area contributed by atoms with E-state index in [9.17, 15) is 0 Å². The third-order valence-electron chi connectivity index (χ3n) is 9.68. The van der Waals surface area contributed by atoms with Crippen molar-refractivity contribution in [1.82, 2.24) is 18.9 Å². The molecule has 5 heterocycles. The van der Waals surface area contributed by atoms with Gasteiger partial charge in [-0.1, -0.05) is 77.7 Å². The Morgan fingerprint density at radius 1 is 0.640 bits per heavy atom. The number of rotatable bonds is 2. The third-order valence-corrected chi connectivity index (χ3v) is 9.68. The van der Waals surface area contributed by atoms with Crippen LogP contribution in [0.25, 0.3) is 93.7 Å². The van der Waals surface area contributed by atoms with Crippen molar-refractivity contribution < 1.29 is 24.5 Å². The molecular weight excluding hydrogens is 793 g/mol. The van der Waals surface area contributed by atoms with Gasteiger partial charge in [-0.3, -0.25) is 4.98 Å². The van der Waals surface area contributed by atoms with E-state index in [1.807, 2.05) is 67.7 Å². The predicted molar refractivity (Wildman–Crippen MR) is 200 cm³/mol. The molecule has 0 aliphatic heterocycles. The van der Waals surface area contributed by atoms with E-state index in [1.165, 1.54) is 43.7 Å². The first-order valence-electron chi connectivity index (χ1n) is 16.4. The van der Waals surface area contributed by atoms with Crippen LogP contribution in [-0.2, 0) is 27.2 Å². The predicted octanol–water partition coefficient (Wildman–Crippen LogP) is 10.9. The van der Waals surface area contributed by atoms with E-state index < -0.39 is 0 Å². The van der Waals surface area contributed by atoms with E-state index in [-0.39, 0.29) is 20.1 Å². The van der Waals surface area contributed by atoms with Gasteiger partial charge < -0.3 is 18.4 Å². The van der Waals surface area contributed by atoms with Crippen LogP contribution in [-0.4, -0.2) is 18.9 Å². The molecule has 11 rings (SSSR count). The molecule has 0 aliphatic rings. The van der Waals surface area contributed by atoms with Crippen LogP contribution >= 0.6 is 0 Å². The van der Waals surface area contributed by atoms with Crippen molar-refractivity contribution in [2.45, 2.75) is 6.92 Å². The van der Waals surface area contributed by atoms with Crippen LogP contribution in [0.2, 0.25) is 0 Å². The fraction of sp³-hybridized carbons (Fsp3) is 0.0455. The summed E-state index contributed by atoms with van der Waals surface area (Å²) in [6.45, 7) is 2.03. The van der Waals surface area contributed by atoms with Crippen molar-refractivity contribution in [2.24, 2.45) is 7.05 Å². The van der Waals surface area contributed by atoms with E-state index in [0.717, 1.165) is 55.6 Å². The number of aromatic nitrogens is 4. The monoisotopic (exact) mass is 821 g/mol. The molecule has 0 N–H and O–H groups in total. The molecule has 5 aromatic heterocycles. The zero-order valence-corrected chi connectivity index (χ0v) is 29.6. The zero-order chi connectivity index (χ0) is 32.6. The van der Waals surface area contributed by atoms with Gasteiger partial charge in [-0.15, -0.1) is 54.1 Å². The fourth-order valence-corrected chi connectivity index (χ4v) is 7.48. The van der Waals surface area contributed by atoms with Crippen molar-refractivity contribution in [1.29, 1.82) is 0 Å². The van der Waals surface area contributed by atoms with Gasteiger partial charge in [-0.05, 0) is 42.4 Å². The molecule has 0 atom stereocenters. The minimum absolute atomic E-state index is 0. The number of hydrogen-bond donors (Lipinski definition) is 0. The Bertz CT molecular complexity index is 3010. The van der Waals surface area contributed by atoms with Crippen LogP contribution in [0.4, 0.5) is 0 Å². The summed E-state index contributed by atoms with van der Waals surface area (Å²) in [4.78, 5) is 9.43. The molecule has 6 heteroatoms. The minimum Gasteiger partial charge on any atom is -0.501 e. The first-order chi connectivity index (χ1) is 24.2. The molecule has 11 aromatic rings. The van der Waals surface area contributed by atoms with Gasteiger partial charge in [0.05, 0.1) is 39.0 Å². The first kappa shape index (κ1) is 30.3. The molecule has 0 aliphatic carbocycles. The van der Waals surface area contributed by atoms with Crippen molar-refractivity contribution in [3.8, 4) is 22.6 Å². The van der Waals surface area contributed by atoms with E-state index in [2.05, 4.69) is 106 Å². The Kier molecular flexibility index (Phi) is 7.06. The van der Waals surface area contributed by atoms with Crippen molar-refractivity contribution in [3.63, 3.8) is 0 Å². The van der Waals surface area contributed by atoms with Gasteiger partial charge in [0, 0.05) is 60.3 Å². The van der Waals surface area contributed by atoms with Crippen molar-refractivity contribution in [3.05, 3.63) is 151 Å². The maximum Gasteiger partial charge on any atom is 0.120 e. The molecule has 0 spiro atoms. The van der Waals surface area contributed by atoms with Crippen LogP contribution in [0.5, 0.6) is 0 Å². The summed E-state index contributed by atoms with van der Waals surface area (Å²) in [6, 6.07) is 50.4. The van der Waals surface area contributed by atoms with Crippen molar-refractivity contribution in [2.75, 3.05) is 0 Å². The number of fused-ring (bicyclic) bond motifs is 11. The maximum atomic E-state index is 6.33. The smallest absolute Gasteiger partial charge is 0.120 e. The van der Waals surface area contributed by atoms with E-state index in [4.69, 9.17) is 9.40 Å². The number of benzene rings is 6. The van der Waals surface area contributed by atoms with Gasteiger partial charge in [0.2, 0.25) is 0 Å². The second-order valence-corrected chi connectivity index (χ2v) is 12.6. The zero-order valence-electron chi connectivity index (χ0n) is 27.2. The number of nitrogens with zero attached hydrogens (tertiary/aromatic N) is 4. The molecular formula is C44H28IrN4O-2. The quantitative estimate of drug-likeness (QED) is 0.163. The van der Waals surface area contributed by atoms with Crippen LogP contribution in [0.1, 0.15) is 5.56 Å². The number of pyridine rings is 1. The van der Waals surface area contributed by atoms with Crippen molar-refractivity contribution >= 4 is 71.1 Å². The molecule has 0 unspecified atom stereocenters. The molecule has 0 fully saturated rings. The summed E-state index contributed by atoms with van der Waals surface area (Å²) in [6.07, 6.45) is 1.87. The Morgan fingerprint density at radius 3 is 2.28 bits per heavy atom. The SMILES string of the molecule is Cc1ccc(-c2[c-]cccc2)nc1.Cn1c(-c2[c-]ccc3c2oc2ccccc23)nc2ccc3c(c4cccc5c6ccccc6n3c54)c21.[Ir]. The van der Waals surface area contributed by atoms with E-state index in [1.54, 1.807) is 0 Å². The summed E-state index contributed by atoms with van der Waals surface area (Å²) in [5.74, 6) is 0.858. The molecule has 5 nitrogen and oxygen atoms in total. The van der Waals surface area contributed by atoms with Gasteiger partial charge in [0.1, 0.15) is 5.58 Å². The fourth-order valence-electron chi connectivity index (χ4n) is 7.48. The average Bonchev–Trinajstić information content (AvgIpc) is 3.89. The van der Waals surface area contributed by atoms with Crippen LogP contribution in [0, 0.1) is 19.1 Å². The minimum atomic E-state index is 0. The largest absolute Gasteiger partial charge is 0.501 e. The molecule has 241 valence electrons. The second-order valence-electron chi connectivity index (χ2n) is 12.6. The normalized spacial score (nSPS) is 11.6. The summed E-state index contributed by atoms with van der Waals surface area (Å²) >= 11 is 0. The number of aryl methyl sites for hydroxylation is 2.